The van der Waals surface area contributed by atoms with Crippen LogP contribution in [0.15, 0.2) is 29.2 Å². The van der Waals surface area contributed by atoms with Crippen molar-refractivity contribution in [2.75, 3.05) is 23.7 Å². The van der Waals surface area contributed by atoms with Gasteiger partial charge < -0.3 is 10.6 Å². The molecule has 126 valence electrons. The van der Waals surface area contributed by atoms with E-state index in [9.17, 15) is 4.79 Å². The highest BCUT2D eigenvalue weighted by Crippen LogP contribution is 2.16. The van der Waals surface area contributed by atoms with Crippen molar-refractivity contribution in [2.45, 2.75) is 26.7 Å². The van der Waals surface area contributed by atoms with Crippen LogP contribution in [0.1, 0.15) is 24.6 Å². The first-order valence-electron chi connectivity index (χ1n) is 7.96. The van der Waals surface area contributed by atoms with Crippen molar-refractivity contribution < 1.29 is 0 Å². The number of nitrogens with one attached hydrogen (secondary N) is 2. The van der Waals surface area contributed by atoms with E-state index >= 15 is 0 Å². The number of hydrogen-bond donors (Lipinski definition) is 2. The molecule has 7 nitrogen and oxygen atoms in total. The second kappa shape index (κ2) is 7.39. The molecule has 3 aromatic rings. The van der Waals surface area contributed by atoms with Crippen molar-refractivity contribution in [3.63, 3.8) is 0 Å². The normalized spacial score (nSPS) is 10.9. The van der Waals surface area contributed by atoms with Gasteiger partial charge in [0.25, 0.3) is 5.56 Å². The Morgan fingerprint density at radius 2 is 2.08 bits per heavy atom. The lowest BCUT2D eigenvalue weighted by Gasteiger charge is -2.05. The molecule has 0 aliphatic rings. The van der Waals surface area contributed by atoms with Crippen LogP contribution in [0.5, 0.6) is 0 Å². The summed E-state index contributed by atoms with van der Waals surface area (Å²) in [5.41, 5.74) is 1.81. The summed E-state index contributed by atoms with van der Waals surface area (Å²) >= 11 is 1.39. The highest BCUT2D eigenvalue weighted by Gasteiger charge is 2.07. The van der Waals surface area contributed by atoms with Gasteiger partial charge in [-0.15, -0.1) is 5.10 Å². The maximum absolute atomic E-state index is 12.0. The van der Waals surface area contributed by atoms with E-state index in [0.717, 1.165) is 43.0 Å². The lowest BCUT2D eigenvalue weighted by molar-refractivity contribution is 0.860. The molecular formula is C16H20N6OS. The van der Waals surface area contributed by atoms with Gasteiger partial charge in [0.05, 0.1) is 0 Å². The van der Waals surface area contributed by atoms with E-state index in [1.807, 2.05) is 32.2 Å². The van der Waals surface area contributed by atoms with Crippen LogP contribution in [-0.2, 0) is 6.42 Å². The predicted molar refractivity (Wildman–Crippen MR) is 97.1 cm³/mol. The molecule has 0 unspecified atom stereocenters. The van der Waals surface area contributed by atoms with Gasteiger partial charge in [0.2, 0.25) is 10.1 Å². The molecule has 3 aromatic heterocycles. The number of aromatic nitrogens is 4. The molecule has 0 aliphatic heterocycles. The van der Waals surface area contributed by atoms with Crippen molar-refractivity contribution in [1.29, 1.82) is 0 Å². The number of nitrogens with zero attached hydrogens (tertiary/aromatic N) is 4. The zero-order valence-corrected chi connectivity index (χ0v) is 14.6. The van der Waals surface area contributed by atoms with Gasteiger partial charge in [-0.1, -0.05) is 24.3 Å². The first kappa shape index (κ1) is 16.4. The largest absolute Gasteiger partial charge is 0.370 e. The molecular weight excluding hydrogens is 324 g/mol. The summed E-state index contributed by atoms with van der Waals surface area (Å²) in [5, 5.41) is 11.5. The molecule has 0 spiro atoms. The van der Waals surface area contributed by atoms with Crippen LogP contribution in [0, 0.1) is 6.92 Å². The summed E-state index contributed by atoms with van der Waals surface area (Å²) in [7, 11) is 0. The van der Waals surface area contributed by atoms with E-state index < -0.39 is 0 Å². The molecule has 3 heterocycles. The highest BCUT2D eigenvalue weighted by molar-refractivity contribution is 7.20. The maximum Gasteiger partial charge on any atom is 0.275 e. The Morgan fingerprint density at radius 1 is 1.25 bits per heavy atom. The topological polar surface area (TPSA) is 84.2 Å². The summed E-state index contributed by atoms with van der Waals surface area (Å²) in [6.07, 6.45) is 3.50. The number of aryl methyl sites for hydroxylation is 2. The molecule has 8 heteroatoms. The number of anilines is 2. The van der Waals surface area contributed by atoms with Crippen molar-refractivity contribution in [3.8, 4) is 0 Å². The molecule has 0 aromatic carbocycles. The van der Waals surface area contributed by atoms with E-state index in [0.29, 0.717) is 10.1 Å². The van der Waals surface area contributed by atoms with Gasteiger partial charge in [-0.25, -0.2) is 9.97 Å². The zero-order chi connectivity index (χ0) is 16.9. The van der Waals surface area contributed by atoms with Crippen LogP contribution in [0.4, 0.5) is 10.9 Å². The van der Waals surface area contributed by atoms with Crippen molar-refractivity contribution >= 4 is 27.2 Å². The molecule has 0 saturated carbocycles. The fraction of sp³-hybridized carbons (Fsp3) is 0.375. The number of fused-ring (bicyclic) bond motifs is 1. The van der Waals surface area contributed by atoms with Crippen molar-refractivity contribution in [1.82, 2.24) is 19.6 Å². The van der Waals surface area contributed by atoms with E-state index in [1.54, 1.807) is 0 Å². The summed E-state index contributed by atoms with van der Waals surface area (Å²) in [4.78, 5) is 21.3. The molecule has 0 fully saturated rings. The number of pyridine rings is 1. The first-order valence-corrected chi connectivity index (χ1v) is 8.77. The van der Waals surface area contributed by atoms with Gasteiger partial charge in [0.1, 0.15) is 5.82 Å². The van der Waals surface area contributed by atoms with Crippen LogP contribution in [0.25, 0.3) is 4.96 Å². The Bertz CT molecular complexity index is 870. The van der Waals surface area contributed by atoms with Gasteiger partial charge in [0, 0.05) is 31.0 Å². The zero-order valence-electron chi connectivity index (χ0n) is 13.7. The van der Waals surface area contributed by atoms with E-state index in [-0.39, 0.29) is 5.56 Å². The fourth-order valence-corrected chi connectivity index (χ4v) is 3.03. The standard InChI is InChI=1S/C16H20N6OS/c1-3-12-9-14(23)22-16(20-12)24-15(21-22)18-8-4-7-17-13-6-5-11(2)10-19-13/h5-6,9-10H,3-4,7-8H2,1-2H3,(H,17,19)(H,18,21). The average molecular weight is 344 g/mol. The Balaban J connectivity index is 1.51. The SMILES string of the molecule is CCc1cc(=O)n2nc(NCCCNc3ccc(C)cn3)sc2n1. The minimum absolute atomic E-state index is 0.131. The minimum atomic E-state index is -0.131. The van der Waals surface area contributed by atoms with E-state index in [4.69, 9.17) is 0 Å². The molecule has 0 saturated heterocycles. The molecule has 2 N–H and O–H groups in total. The van der Waals surface area contributed by atoms with Crippen molar-refractivity contribution in [3.05, 3.63) is 46.0 Å². The molecule has 0 atom stereocenters. The molecule has 24 heavy (non-hydrogen) atoms. The molecule has 0 radical (unpaired) electrons. The van der Waals surface area contributed by atoms with Gasteiger partial charge in [0.15, 0.2) is 0 Å². The quantitative estimate of drug-likeness (QED) is 0.640. The lowest BCUT2D eigenvalue weighted by atomic mass is 10.3. The van der Waals surface area contributed by atoms with Gasteiger partial charge in [-0.2, -0.15) is 4.52 Å². The third-order valence-corrected chi connectivity index (χ3v) is 4.37. The second-order valence-electron chi connectivity index (χ2n) is 5.47. The van der Waals surface area contributed by atoms with Crippen LogP contribution in [-0.4, -0.2) is 32.7 Å². The fourth-order valence-electron chi connectivity index (χ4n) is 2.18. The highest BCUT2D eigenvalue weighted by atomic mass is 32.1. The second-order valence-corrected chi connectivity index (χ2v) is 6.42. The Morgan fingerprint density at radius 3 is 2.83 bits per heavy atom. The van der Waals surface area contributed by atoms with Gasteiger partial charge >= 0.3 is 0 Å². The minimum Gasteiger partial charge on any atom is -0.370 e. The smallest absolute Gasteiger partial charge is 0.275 e. The molecule has 0 bridgehead atoms. The van der Waals surface area contributed by atoms with Gasteiger partial charge in [-0.3, -0.25) is 4.79 Å². The Kier molecular flexibility index (Phi) is 5.05. The number of hydrogen-bond acceptors (Lipinski definition) is 7. The van der Waals surface area contributed by atoms with Crippen LogP contribution in [0.3, 0.4) is 0 Å². The van der Waals surface area contributed by atoms with E-state index in [2.05, 4.69) is 25.7 Å². The van der Waals surface area contributed by atoms with Crippen LogP contribution >= 0.6 is 11.3 Å². The van der Waals surface area contributed by atoms with Crippen LogP contribution in [0.2, 0.25) is 0 Å². The lowest BCUT2D eigenvalue weighted by Crippen LogP contribution is -2.15. The van der Waals surface area contributed by atoms with Crippen molar-refractivity contribution in [2.24, 2.45) is 0 Å². The summed E-state index contributed by atoms with van der Waals surface area (Å²) in [6.45, 7) is 5.57. The summed E-state index contributed by atoms with van der Waals surface area (Å²) in [6, 6.07) is 5.54. The Labute approximate surface area is 143 Å². The van der Waals surface area contributed by atoms with Gasteiger partial charge in [-0.05, 0) is 31.4 Å². The predicted octanol–water partition coefficient (Wildman–Crippen LogP) is 2.33. The Hall–Kier alpha value is -2.48. The summed E-state index contributed by atoms with van der Waals surface area (Å²) < 4.78 is 1.35. The van der Waals surface area contributed by atoms with Crippen LogP contribution < -0.4 is 16.2 Å². The van der Waals surface area contributed by atoms with E-state index in [1.165, 1.54) is 21.9 Å². The summed E-state index contributed by atoms with van der Waals surface area (Å²) in [5.74, 6) is 0.878. The third-order valence-electron chi connectivity index (χ3n) is 3.51. The maximum atomic E-state index is 12.0. The first-order chi connectivity index (χ1) is 11.7. The molecule has 3 rings (SSSR count). The number of rotatable bonds is 7. The molecule has 0 amide bonds. The third kappa shape index (κ3) is 3.88. The average Bonchev–Trinajstić information content (AvgIpc) is 2.99. The monoisotopic (exact) mass is 344 g/mol. The molecule has 0 aliphatic carbocycles.